The molecule has 0 spiro atoms. The molecule has 0 aromatic heterocycles. The molecule has 0 aliphatic carbocycles. The van der Waals surface area contributed by atoms with Gasteiger partial charge in [0.05, 0.1) is 32.8 Å². The monoisotopic (exact) mass is 585 g/mol. The van der Waals surface area contributed by atoms with Gasteiger partial charge in [0.1, 0.15) is 11.4 Å². The minimum absolute atomic E-state index is 0. The first-order chi connectivity index (χ1) is 16.1. The molecule has 3 aliphatic heterocycles. The van der Waals surface area contributed by atoms with E-state index < -0.39 is 5.60 Å². The average molecular weight is 587 g/mol. The van der Waals surface area contributed by atoms with Gasteiger partial charge in [0.15, 0.2) is 0 Å². The van der Waals surface area contributed by atoms with Crippen molar-refractivity contribution in [1.82, 2.24) is 0 Å². The zero-order valence-electron chi connectivity index (χ0n) is 19.5. The normalized spacial score (nSPS) is 23.8. The lowest BCUT2D eigenvalue weighted by molar-refractivity contribution is -0.946. The molecule has 2 bridgehead atoms. The van der Waals surface area contributed by atoms with E-state index in [0.29, 0.717) is 0 Å². The number of fused-ring (bicyclic) bond motifs is 3. The van der Waals surface area contributed by atoms with Crippen molar-refractivity contribution in [2.45, 2.75) is 31.3 Å². The highest BCUT2D eigenvalue weighted by Crippen LogP contribution is 2.57. The van der Waals surface area contributed by atoms with E-state index in [1.165, 1.54) is 4.48 Å². The number of quaternary nitrogens is 1. The van der Waals surface area contributed by atoms with Crippen LogP contribution in [0.25, 0.3) is 0 Å². The highest BCUT2D eigenvalue weighted by molar-refractivity contribution is 9.10. The number of hydrogen-bond acceptors (Lipinski definition) is 2. The largest absolute Gasteiger partial charge is 1.00 e. The molecule has 3 aliphatic rings. The van der Waals surface area contributed by atoms with E-state index >= 15 is 0 Å². The Kier molecular flexibility index (Phi) is 7.88. The lowest BCUT2D eigenvalue weighted by Gasteiger charge is -2.60. The van der Waals surface area contributed by atoms with E-state index in [-0.39, 0.29) is 22.4 Å². The van der Waals surface area contributed by atoms with Gasteiger partial charge in [-0.2, -0.15) is 0 Å². The van der Waals surface area contributed by atoms with E-state index in [2.05, 4.69) is 64.5 Å². The fourth-order valence-electron chi connectivity index (χ4n) is 6.20. The Labute approximate surface area is 222 Å². The third-order valence-electron chi connectivity index (χ3n) is 8.20. The van der Waals surface area contributed by atoms with E-state index in [9.17, 15) is 5.11 Å². The van der Waals surface area contributed by atoms with Crippen molar-refractivity contribution >= 4 is 15.9 Å². The Morgan fingerprint density at radius 3 is 1.79 bits per heavy atom. The van der Waals surface area contributed by atoms with Gasteiger partial charge in [-0.1, -0.05) is 76.6 Å². The summed E-state index contributed by atoms with van der Waals surface area (Å²) in [5.74, 6) is 0.935. The van der Waals surface area contributed by atoms with Crippen molar-refractivity contribution in [1.29, 1.82) is 0 Å². The van der Waals surface area contributed by atoms with E-state index in [1.807, 2.05) is 36.4 Å². The lowest BCUT2D eigenvalue weighted by Crippen LogP contribution is -3.00. The summed E-state index contributed by atoms with van der Waals surface area (Å²) in [4.78, 5) is 0. The number of piperidine rings is 3. The number of ether oxygens (including phenoxy) is 1. The predicted octanol–water partition coefficient (Wildman–Crippen LogP) is 3.16. The van der Waals surface area contributed by atoms with Crippen LogP contribution in [-0.4, -0.2) is 42.4 Å². The number of aliphatic hydroxyl groups is 1. The first-order valence-electron chi connectivity index (χ1n) is 12.1. The molecule has 3 heterocycles. The van der Waals surface area contributed by atoms with Crippen molar-refractivity contribution in [3.05, 3.63) is 101 Å². The second-order valence-electron chi connectivity index (χ2n) is 9.86. The maximum Gasteiger partial charge on any atom is 0.121 e. The Balaban J connectivity index is 0.00000274. The molecule has 3 fully saturated rings. The number of rotatable bonds is 8. The first-order valence-corrected chi connectivity index (χ1v) is 12.9. The lowest BCUT2D eigenvalue weighted by atomic mass is 9.56. The van der Waals surface area contributed by atoms with Crippen molar-refractivity contribution in [3.8, 4) is 5.75 Å². The van der Waals surface area contributed by atoms with Crippen molar-refractivity contribution < 1.29 is 31.3 Å². The van der Waals surface area contributed by atoms with Crippen molar-refractivity contribution in [2.24, 2.45) is 5.41 Å². The Morgan fingerprint density at radius 1 is 0.794 bits per heavy atom. The molecule has 3 saturated heterocycles. The minimum atomic E-state index is -0.948. The van der Waals surface area contributed by atoms with E-state index in [1.54, 1.807) is 0 Å². The molecule has 3 aromatic carbocycles. The fraction of sp³-hybridized carbons (Fsp3) is 0.379. The maximum absolute atomic E-state index is 12.5. The summed E-state index contributed by atoms with van der Waals surface area (Å²) in [5, 5.41) is 12.5. The molecule has 0 unspecified atom stereocenters. The zero-order valence-corrected chi connectivity index (χ0v) is 22.7. The van der Waals surface area contributed by atoms with Crippen LogP contribution in [0.4, 0.5) is 0 Å². The molecule has 0 saturated carbocycles. The highest BCUT2D eigenvalue weighted by atomic mass is 79.9. The van der Waals surface area contributed by atoms with Gasteiger partial charge in [0.25, 0.3) is 0 Å². The summed E-state index contributed by atoms with van der Waals surface area (Å²) in [6.07, 6.45) is 4.23. The molecular weight excluding hydrogens is 554 g/mol. The van der Waals surface area contributed by atoms with Crippen LogP contribution in [0.15, 0.2) is 89.4 Å². The van der Waals surface area contributed by atoms with Crippen LogP contribution in [0.5, 0.6) is 5.75 Å². The molecule has 3 aromatic rings. The van der Waals surface area contributed by atoms with Gasteiger partial charge in [0, 0.05) is 35.6 Å². The number of benzene rings is 3. The molecule has 3 nitrogen and oxygen atoms in total. The van der Waals surface area contributed by atoms with Gasteiger partial charge in [-0.3, -0.25) is 0 Å². The van der Waals surface area contributed by atoms with Crippen LogP contribution in [0, 0.1) is 5.41 Å². The standard InChI is InChI=1S/C29H33BrNO2.BrH/c30-26-12-14-27(15-13-26)33-23-7-19-31-20-16-28(17-21-31,18-22-31)29(32,24-8-3-1-4-9-24)25-10-5-2-6-11-25;/h1-6,8-15,32H,7,16-23H2;1H/q+1;/p-1. The van der Waals surface area contributed by atoms with Crippen LogP contribution >= 0.6 is 15.9 Å². The summed E-state index contributed by atoms with van der Waals surface area (Å²) >= 11 is 3.47. The van der Waals surface area contributed by atoms with E-state index in [0.717, 1.165) is 79.8 Å². The maximum atomic E-state index is 12.5. The number of hydrogen-bond donors (Lipinski definition) is 1. The van der Waals surface area contributed by atoms with Gasteiger partial charge >= 0.3 is 0 Å². The molecule has 0 atom stereocenters. The van der Waals surface area contributed by atoms with Gasteiger partial charge < -0.3 is 31.3 Å². The minimum Gasteiger partial charge on any atom is -1.00 e. The van der Waals surface area contributed by atoms with Crippen LogP contribution in [0.3, 0.4) is 0 Å². The predicted molar refractivity (Wildman–Crippen MR) is 136 cm³/mol. The smallest absolute Gasteiger partial charge is 0.121 e. The Bertz CT molecular complexity index is 992. The summed E-state index contributed by atoms with van der Waals surface area (Å²) in [6, 6.07) is 28.8. The number of nitrogens with zero attached hydrogens (tertiary/aromatic N) is 1. The van der Waals surface area contributed by atoms with Gasteiger partial charge in [-0.05, 0) is 35.4 Å². The van der Waals surface area contributed by atoms with Gasteiger partial charge in [-0.15, -0.1) is 0 Å². The Hall–Kier alpha value is -1.66. The van der Waals surface area contributed by atoms with Gasteiger partial charge in [0.2, 0.25) is 0 Å². The molecular formula is C29H33Br2NO2. The highest BCUT2D eigenvalue weighted by Gasteiger charge is 2.60. The quantitative estimate of drug-likeness (QED) is 0.325. The molecule has 5 heteroatoms. The van der Waals surface area contributed by atoms with Crippen LogP contribution < -0.4 is 21.7 Å². The molecule has 34 heavy (non-hydrogen) atoms. The average Bonchev–Trinajstić information content (AvgIpc) is 2.89. The van der Waals surface area contributed by atoms with Gasteiger partial charge in [-0.25, -0.2) is 0 Å². The number of halogens is 2. The third-order valence-corrected chi connectivity index (χ3v) is 8.73. The second-order valence-corrected chi connectivity index (χ2v) is 10.8. The molecule has 6 rings (SSSR count). The molecule has 1 N–H and O–H groups in total. The topological polar surface area (TPSA) is 29.5 Å². The van der Waals surface area contributed by atoms with Crippen LogP contribution in [-0.2, 0) is 5.60 Å². The summed E-state index contributed by atoms with van der Waals surface area (Å²) in [6.45, 7) is 5.33. The molecule has 0 amide bonds. The first kappa shape index (κ1) is 25.4. The zero-order chi connectivity index (χ0) is 22.8. The van der Waals surface area contributed by atoms with Crippen LogP contribution in [0.2, 0.25) is 0 Å². The second kappa shape index (κ2) is 10.5. The fourth-order valence-corrected chi connectivity index (χ4v) is 6.46. The molecule has 180 valence electrons. The van der Waals surface area contributed by atoms with E-state index in [4.69, 9.17) is 4.74 Å². The summed E-state index contributed by atoms with van der Waals surface area (Å²) < 4.78 is 8.22. The summed E-state index contributed by atoms with van der Waals surface area (Å²) in [7, 11) is 0. The van der Waals surface area contributed by atoms with Crippen LogP contribution in [0.1, 0.15) is 36.8 Å². The SMILES string of the molecule is OC(c1ccccc1)(c1ccccc1)C12CC[N+](CCCOc3ccc(Br)cc3)(CC1)CC2.[Br-]. The third kappa shape index (κ3) is 4.73. The van der Waals surface area contributed by atoms with Crippen molar-refractivity contribution in [3.63, 3.8) is 0 Å². The summed E-state index contributed by atoms with van der Waals surface area (Å²) in [5.41, 5.74) is 1.00. The van der Waals surface area contributed by atoms with Crippen molar-refractivity contribution in [2.75, 3.05) is 32.8 Å². The Morgan fingerprint density at radius 2 is 1.29 bits per heavy atom. The molecule has 0 radical (unpaired) electrons.